The molecule has 3 heterocycles. The van der Waals surface area contributed by atoms with Crippen molar-refractivity contribution in [3.63, 3.8) is 0 Å². The number of fused-ring (bicyclic) bond motifs is 2. The minimum Gasteiger partial charge on any atom is -0.378 e. The van der Waals surface area contributed by atoms with Crippen LogP contribution in [0.4, 0.5) is 23.4 Å². The minimum atomic E-state index is -3.80. The molecule has 3 aromatic heterocycles. The van der Waals surface area contributed by atoms with Gasteiger partial charge in [-0.2, -0.15) is 19.0 Å². The summed E-state index contributed by atoms with van der Waals surface area (Å²) < 4.78 is 87.7. The number of sulfonamides is 1. The zero-order valence-corrected chi connectivity index (χ0v) is 31.8. The number of carbonyl (C=O) groups excluding carboxylic acids is 1. The molecule has 0 spiro atoms. The van der Waals surface area contributed by atoms with E-state index in [1.165, 1.54) is 30.7 Å². The van der Waals surface area contributed by atoms with Gasteiger partial charge in [0.15, 0.2) is 5.82 Å². The lowest BCUT2D eigenvalue weighted by Crippen LogP contribution is -2.34. The topological polar surface area (TPSA) is 144 Å². The molecule has 0 radical (unpaired) electrons. The Morgan fingerprint density at radius 1 is 1.13 bits per heavy atom. The number of nitrogens with zero attached hydrogens (tertiary/aromatic N) is 5. The highest BCUT2D eigenvalue weighted by Gasteiger charge is 2.49. The Hall–Kier alpha value is -5.13. The molecule has 286 valence electrons. The van der Waals surface area contributed by atoms with Crippen LogP contribution in [0, 0.1) is 35.8 Å². The number of amides is 1. The molecule has 1 aliphatic carbocycles. The van der Waals surface area contributed by atoms with E-state index in [1.807, 2.05) is 0 Å². The van der Waals surface area contributed by atoms with Crippen molar-refractivity contribution in [3.05, 3.63) is 92.5 Å². The van der Waals surface area contributed by atoms with Crippen LogP contribution in [0.1, 0.15) is 60.4 Å². The standard InChI is InChI=1S/C37H31Cl2F4N7O4S/c1-6-20-17-37(42,43)33-29(20)34(39)50(46-33)18-28(51)45-27(15-19-13-21(40)16-22(41)14-19)31-24(8-7-23(44-31)11-12-36(2,3)52)25-9-10-26(38)30-32(25)49(4)47-35(30)48-55(5,53)54/h1,7-10,13-14,16,20,27,52H,15,17-18H2,2-5H3,(H,45,51)(H,47,48)/t20-,27-/m0/s1. The maximum Gasteiger partial charge on any atom is 0.293 e. The van der Waals surface area contributed by atoms with Crippen LogP contribution in [0.25, 0.3) is 22.0 Å². The maximum atomic E-state index is 14.8. The van der Waals surface area contributed by atoms with Crippen LogP contribution >= 0.6 is 23.2 Å². The van der Waals surface area contributed by atoms with E-state index in [4.69, 9.17) is 34.6 Å². The smallest absolute Gasteiger partial charge is 0.293 e. The summed E-state index contributed by atoms with van der Waals surface area (Å²) in [4.78, 5) is 18.6. The van der Waals surface area contributed by atoms with Crippen molar-refractivity contribution in [2.24, 2.45) is 7.05 Å². The number of nitrogens with one attached hydrogen (secondary N) is 2. The van der Waals surface area contributed by atoms with Gasteiger partial charge in [-0.05, 0) is 62.1 Å². The number of aliphatic hydroxyl groups is 1. The number of terminal acetylenes is 1. The molecule has 0 saturated carbocycles. The quantitative estimate of drug-likeness (QED) is 0.118. The number of alkyl halides is 2. The van der Waals surface area contributed by atoms with Gasteiger partial charge in [-0.1, -0.05) is 41.1 Å². The van der Waals surface area contributed by atoms with Gasteiger partial charge in [0.1, 0.15) is 40.3 Å². The Labute approximate surface area is 323 Å². The Morgan fingerprint density at radius 3 is 2.44 bits per heavy atom. The van der Waals surface area contributed by atoms with Crippen molar-refractivity contribution in [1.29, 1.82) is 0 Å². The van der Waals surface area contributed by atoms with Crippen molar-refractivity contribution >= 4 is 55.9 Å². The second-order valence-electron chi connectivity index (χ2n) is 13.5. The van der Waals surface area contributed by atoms with Crippen molar-refractivity contribution in [2.45, 2.75) is 56.7 Å². The summed E-state index contributed by atoms with van der Waals surface area (Å²) in [6, 6.07) is 7.89. The SMILES string of the molecule is C#C[C@H]1CC(F)(F)c2nn(CC(=O)N[C@@H](Cc3cc(F)cc(F)c3)c3nc(C#CC(C)(C)O)ccc3-c3ccc(Cl)c4c(NS(C)(=O)=O)nn(C)c34)c(Cl)c21. The summed E-state index contributed by atoms with van der Waals surface area (Å²) in [6.07, 6.45) is 5.50. The van der Waals surface area contributed by atoms with Gasteiger partial charge in [0.2, 0.25) is 15.9 Å². The molecule has 0 fully saturated rings. The van der Waals surface area contributed by atoms with E-state index in [9.17, 15) is 35.9 Å². The number of anilines is 1. The lowest BCUT2D eigenvalue weighted by molar-refractivity contribution is -0.122. The number of benzene rings is 2. The van der Waals surface area contributed by atoms with Crippen molar-refractivity contribution < 1.29 is 35.9 Å². The van der Waals surface area contributed by atoms with Crippen molar-refractivity contribution in [1.82, 2.24) is 29.9 Å². The van der Waals surface area contributed by atoms with E-state index in [1.54, 1.807) is 19.2 Å². The van der Waals surface area contributed by atoms with Gasteiger partial charge < -0.3 is 10.4 Å². The zero-order chi connectivity index (χ0) is 40.2. The Morgan fingerprint density at radius 2 is 1.80 bits per heavy atom. The van der Waals surface area contributed by atoms with Gasteiger partial charge >= 0.3 is 0 Å². The highest BCUT2D eigenvalue weighted by Crippen LogP contribution is 2.50. The molecule has 1 amide bonds. The number of aromatic nitrogens is 5. The molecule has 0 bridgehead atoms. The molecule has 2 atom stereocenters. The van der Waals surface area contributed by atoms with Crippen LogP contribution in [0.3, 0.4) is 0 Å². The zero-order valence-electron chi connectivity index (χ0n) is 29.5. The number of halogens is 6. The van der Waals surface area contributed by atoms with Crippen LogP contribution in [0.5, 0.6) is 0 Å². The third-order valence-electron chi connectivity index (χ3n) is 8.53. The van der Waals surface area contributed by atoms with E-state index < -0.39 is 69.7 Å². The summed E-state index contributed by atoms with van der Waals surface area (Å²) >= 11 is 13.0. The summed E-state index contributed by atoms with van der Waals surface area (Å²) in [7, 11) is -2.24. The number of rotatable bonds is 9. The fraction of sp³-hybridized carbons (Fsp3) is 0.297. The highest BCUT2D eigenvalue weighted by atomic mass is 35.5. The van der Waals surface area contributed by atoms with Gasteiger partial charge in [-0.25, -0.2) is 26.9 Å². The Kier molecular flexibility index (Phi) is 10.4. The summed E-state index contributed by atoms with van der Waals surface area (Å²) in [6.45, 7) is 2.27. The van der Waals surface area contributed by atoms with Crippen molar-refractivity contribution in [2.75, 3.05) is 11.0 Å². The lowest BCUT2D eigenvalue weighted by atomic mass is 9.93. The molecule has 5 aromatic rings. The summed E-state index contributed by atoms with van der Waals surface area (Å²) in [5.41, 5.74) is -0.675. The molecule has 0 unspecified atom stereocenters. The van der Waals surface area contributed by atoms with Crippen LogP contribution in [-0.2, 0) is 40.8 Å². The molecule has 18 heteroatoms. The first-order chi connectivity index (χ1) is 25.6. The first-order valence-electron chi connectivity index (χ1n) is 16.4. The first-order valence-corrected chi connectivity index (χ1v) is 19.0. The number of hydrogen-bond acceptors (Lipinski definition) is 7. The van der Waals surface area contributed by atoms with Gasteiger partial charge in [0.25, 0.3) is 5.92 Å². The summed E-state index contributed by atoms with van der Waals surface area (Å²) in [5.74, 6) is 0.710. The number of hydrogen-bond donors (Lipinski definition) is 3. The third kappa shape index (κ3) is 8.43. The molecule has 6 rings (SSSR count). The Balaban J connectivity index is 1.52. The fourth-order valence-electron chi connectivity index (χ4n) is 6.39. The second-order valence-corrected chi connectivity index (χ2v) is 16.1. The monoisotopic (exact) mass is 815 g/mol. The Bertz CT molecular complexity index is 2580. The molecule has 55 heavy (non-hydrogen) atoms. The molecular weight excluding hydrogens is 785 g/mol. The predicted molar refractivity (Wildman–Crippen MR) is 199 cm³/mol. The number of aryl methyl sites for hydroxylation is 1. The molecular formula is C37H31Cl2F4N7O4S. The average Bonchev–Trinajstić information content (AvgIpc) is 3.66. The largest absolute Gasteiger partial charge is 0.378 e. The normalized spacial score (nSPS) is 15.6. The number of pyridine rings is 1. The predicted octanol–water partition coefficient (Wildman–Crippen LogP) is 6.22. The molecule has 2 aromatic carbocycles. The van der Waals surface area contributed by atoms with E-state index in [0.29, 0.717) is 22.7 Å². The van der Waals surface area contributed by atoms with Crippen LogP contribution in [-0.4, -0.2) is 55.8 Å². The van der Waals surface area contributed by atoms with E-state index in [-0.39, 0.29) is 50.3 Å². The van der Waals surface area contributed by atoms with Crippen LogP contribution in [0.15, 0.2) is 42.5 Å². The van der Waals surface area contributed by atoms with E-state index in [0.717, 1.165) is 23.1 Å². The highest BCUT2D eigenvalue weighted by molar-refractivity contribution is 7.92. The van der Waals surface area contributed by atoms with Gasteiger partial charge in [-0.3, -0.25) is 14.2 Å². The minimum absolute atomic E-state index is 0.0524. The lowest BCUT2D eigenvalue weighted by Gasteiger charge is -2.23. The average molecular weight is 817 g/mol. The maximum absolute atomic E-state index is 14.8. The fourth-order valence-corrected chi connectivity index (χ4v) is 7.44. The van der Waals surface area contributed by atoms with Crippen LogP contribution < -0.4 is 10.0 Å². The molecule has 0 saturated heterocycles. The van der Waals surface area contributed by atoms with E-state index in [2.05, 4.69) is 38.0 Å². The van der Waals surface area contributed by atoms with Gasteiger partial charge in [0, 0.05) is 36.2 Å². The van der Waals surface area contributed by atoms with Gasteiger partial charge in [0.05, 0.1) is 39.8 Å². The second kappa shape index (κ2) is 14.5. The molecule has 0 aliphatic heterocycles. The van der Waals surface area contributed by atoms with Gasteiger partial charge in [-0.15, -0.1) is 6.42 Å². The number of carbonyl (C=O) groups is 1. The summed E-state index contributed by atoms with van der Waals surface area (Å²) in [5, 5.41) is 21.5. The molecule has 11 nitrogen and oxygen atoms in total. The molecule has 3 N–H and O–H groups in total. The van der Waals surface area contributed by atoms with Crippen molar-refractivity contribution in [3.8, 4) is 35.3 Å². The first kappa shape index (κ1) is 39.6. The molecule has 1 aliphatic rings. The van der Waals surface area contributed by atoms with Crippen LogP contribution in [0.2, 0.25) is 10.2 Å². The third-order valence-corrected chi connectivity index (χ3v) is 9.81. The van der Waals surface area contributed by atoms with E-state index >= 15 is 0 Å².